The normalized spacial score (nSPS) is 16.4. The van der Waals surface area contributed by atoms with Gasteiger partial charge in [-0.1, -0.05) is 0 Å². The number of rotatable bonds is 4. The molecule has 0 saturated carbocycles. The molecule has 0 unspecified atom stereocenters. The Hall–Kier alpha value is -2.18. The summed E-state index contributed by atoms with van der Waals surface area (Å²) in [5, 5.41) is 14.2. The Kier molecular flexibility index (Phi) is 5.75. The van der Waals surface area contributed by atoms with Crippen LogP contribution in [0.2, 0.25) is 0 Å². The van der Waals surface area contributed by atoms with Crippen LogP contribution in [0, 0.1) is 17.1 Å². The summed E-state index contributed by atoms with van der Waals surface area (Å²) in [6.07, 6.45) is 1.03. The Morgan fingerprint density at radius 3 is 2.67 bits per heavy atom. The second-order valence-electron chi connectivity index (χ2n) is 5.47. The topological polar surface area (TPSA) is 102 Å². The first-order chi connectivity index (χ1) is 11.4. The molecule has 24 heavy (non-hydrogen) atoms. The minimum Gasteiger partial charge on any atom is -0.335 e. The quantitative estimate of drug-likeness (QED) is 0.858. The third kappa shape index (κ3) is 4.43. The SMILES string of the molecule is CCS(=O)(=O)N1CCC(NC(=O)Nc2ccc(F)cc2C#N)CC1. The van der Waals surface area contributed by atoms with Gasteiger partial charge in [0.05, 0.1) is 17.0 Å². The monoisotopic (exact) mass is 354 g/mol. The molecule has 1 aromatic rings. The molecule has 9 heteroatoms. The summed E-state index contributed by atoms with van der Waals surface area (Å²) in [5.41, 5.74) is 0.261. The number of amides is 2. The van der Waals surface area contributed by atoms with Crippen LogP contribution < -0.4 is 10.6 Å². The van der Waals surface area contributed by atoms with Gasteiger partial charge in [0, 0.05) is 19.1 Å². The van der Waals surface area contributed by atoms with Crippen molar-refractivity contribution in [1.82, 2.24) is 9.62 Å². The van der Waals surface area contributed by atoms with E-state index in [4.69, 9.17) is 5.26 Å². The standard InChI is InChI=1S/C15H19FN4O3S/c1-2-24(22,23)20-7-5-13(6-8-20)18-15(21)19-14-4-3-12(16)9-11(14)10-17/h3-4,9,13H,2,5-8H2,1H3,(H2,18,19,21). The number of halogens is 1. The van der Waals surface area contributed by atoms with Gasteiger partial charge in [-0.25, -0.2) is 21.9 Å². The summed E-state index contributed by atoms with van der Waals surface area (Å²) in [6.45, 7) is 2.32. The molecule has 2 amide bonds. The summed E-state index contributed by atoms with van der Waals surface area (Å²) in [7, 11) is -3.20. The maximum atomic E-state index is 13.1. The van der Waals surface area contributed by atoms with Crippen LogP contribution >= 0.6 is 0 Å². The van der Waals surface area contributed by atoms with Gasteiger partial charge in [0.2, 0.25) is 10.0 Å². The number of hydrogen-bond donors (Lipinski definition) is 2. The van der Waals surface area contributed by atoms with Gasteiger partial charge in [-0.3, -0.25) is 0 Å². The number of sulfonamides is 1. The highest BCUT2D eigenvalue weighted by Gasteiger charge is 2.27. The van der Waals surface area contributed by atoms with Gasteiger partial charge < -0.3 is 10.6 Å². The van der Waals surface area contributed by atoms with E-state index in [2.05, 4.69) is 10.6 Å². The number of carbonyl (C=O) groups is 1. The maximum Gasteiger partial charge on any atom is 0.319 e. The molecule has 1 aromatic carbocycles. The first-order valence-electron chi connectivity index (χ1n) is 7.60. The lowest BCUT2D eigenvalue weighted by Gasteiger charge is -2.31. The van der Waals surface area contributed by atoms with Crippen molar-refractivity contribution in [1.29, 1.82) is 5.26 Å². The van der Waals surface area contributed by atoms with Crippen LogP contribution in [-0.4, -0.2) is 43.6 Å². The minimum absolute atomic E-state index is 0.0361. The Morgan fingerprint density at radius 1 is 1.42 bits per heavy atom. The van der Waals surface area contributed by atoms with E-state index in [0.717, 1.165) is 12.1 Å². The average Bonchev–Trinajstić information content (AvgIpc) is 2.57. The van der Waals surface area contributed by atoms with Crippen molar-refractivity contribution in [3.63, 3.8) is 0 Å². The van der Waals surface area contributed by atoms with Crippen LogP contribution in [-0.2, 0) is 10.0 Å². The Balaban J connectivity index is 1.90. The minimum atomic E-state index is -3.20. The Bertz CT molecular complexity index is 752. The van der Waals surface area contributed by atoms with Crippen molar-refractivity contribution in [2.24, 2.45) is 0 Å². The van der Waals surface area contributed by atoms with Crippen LogP contribution in [0.1, 0.15) is 25.3 Å². The second-order valence-corrected chi connectivity index (χ2v) is 7.73. The molecule has 0 bridgehead atoms. The molecule has 7 nitrogen and oxygen atoms in total. The lowest BCUT2D eigenvalue weighted by molar-refractivity contribution is 0.238. The first-order valence-corrected chi connectivity index (χ1v) is 9.21. The summed E-state index contributed by atoms with van der Waals surface area (Å²) in [4.78, 5) is 12.0. The van der Waals surface area contributed by atoms with Gasteiger partial charge in [-0.15, -0.1) is 0 Å². The molecular formula is C15H19FN4O3S. The van der Waals surface area contributed by atoms with Crippen molar-refractivity contribution < 1.29 is 17.6 Å². The zero-order valence-electron chi connectivity index (χ0n) is 13.3. The molecule has 1 aliphatic heterocycles. The number of piperidine rings is 1. The fourth-order valence-corrected chi connectivity index (χ4v) is 3.65. The number of benzene rings is 1. The van der Waals surface area contributed by atoms with Crippen molar-refractivity contribution >= 4 is 21.7 Å². The highest BCUT2D eigenvalue weighted by molar-refractivity contribution is 7.89. The molecule has 130 valence electrons. The molecule has 2 N–H and O–H groups in total. The van der Waals surface area contributed by atoms with Crippen LogP contribution in [0.5, 0.6) is 0 Å². The summed E-state index contributed by atoms with van der Waals surface area (Å²) in [6, 6.07) is 4.69. The molecule has 0 aromatic heterocycles. The summed E-state index contributed by atoms with van der Waals surface area (Å²) < 4.78 is 38.1. The van der Waals surface area contributed by atoms with Crippen LogP contribution in [0.4, 0.5) is 14.9 Å². The smallest absolute Gasteiger partial charge is 0.319 e. The Morgan fingerprint density at radius 2 is 2.08 bits per heavy atom. The van der Waals surface area contributed by atoms with E-state index < -0.39 is 21.9 Å². The molecule has 0 radical (unpaired) electrons. The number of urea groups is 1. The van der Waals surface area contributed by atoms with Crippen molar-refractivity contribution in [2.75, 3.05) is 24.2 Å². The van der Waals surface area contributed by atoms with Crippen LogP contribution in [0.3, 0.4) is 0 Å². The van der Waals surface area contributed by atoms with Crippen LogP contribution in [0.25, 0.3) is 0 Å². The zero-order valence-corrected chi connectivity index (χ0v) is 14.1. The number of anilines is 1. The van der Waals surface area contributed by atoms with Gasteiger partial charge in [-0.05, 0) is 38.0 Å². The van der Waals surface area contributed by atoms with Crippen LogP contribution in [0.15, 0.2) is 18.2 Å². The zero-order chi connectivity index (χ0) is 17.7. The van der Waals surface area contributed by atoms with E-state index in [9.17, 15) is 17.6 Å². The number of hydrogen-bond acceptors (Lipinski definition) is 4. The second kappa shape index (κ2) is 7.59. The van der Waals surface area contributed by atoms with Gasteiger partial charge in [0.15, 0.2) is 0 Å². The average molecular weight is 354 g/mol. The number of carbonyl (C=O) groups excluding carboxylic acids is 1. The molecule has 0 aliphatic carbocycles. The van der Waals surface area contributed by atoms with Crippen molar-refractivity contribution in [2.45, 2.75) is 25.8 Å². The number of nitriles is 1. The predicted octanol–water partition coefficient (Wildman–Crippen LogP) is 1.63. The molecule has 1 heterocycles. The fourth-order valence-electron chi connectivity index (χ4n) is 2.52. The Labute approximate surface area is 140 Å². The van der Waals surface area contributed by atoms with Gasteiger partial charge in [-0.2, -0.15) is 5.26 Å². The number of nitrogens with zero attached hydrogens (tertiary/aromatic N) is 2. The maximum absolute atomic E-state index is 13.1. The molecule has 1 fully saturated rings. The largest absolute Gasteiger partial charge is 0.335 e. The molecule has 0 spiro atoms. The predicted molar refractivity (Wildman–Crippen MR) is 87.3 cm³/mol. The van der Waals surface area contributed by atoms with Gasteiger partial charge >= 0.3 is 6.03 Å². The van der Waals surface area contributed by atoms with E-state index in [-0.39, 0.29) is 23.0 Å². The highest BCUT2D eigenvalue weighted by atomic mass is 32.2. The lowest BCUT2D eigenvalue weighted by Crippen LogP contribution is -2.47. The summed E-state index contributed by atoms with van der Waals surface area (Å²) >= 11 is 0. The molecule has 0 atom stereocenters. The van der Waals surface area contributed by atoms with E-state index in [1.807, 2.05) is 6.07 Å². The van der Waals surface area contributed by atoms with E-state index >= 15 is 0 Å². The van der Waals surface area contributed by atoms with Gasteiger partial charge in [0.1, 0.15) is 11.9 Å². The first kappa shape index (κ1) is 18.2. The summed E-state index contributed by atoms with van der Waals surface area (Å²) in [5.74, 6) is -0.491. The van der Waals surface area contributed by atoms with Crippen molar-refractivity contribution in [3.8, 4) is 6.07 Å². The third-order valence-corrected chi connectivity index (χ3v) is 5.78. The molecule has 2 rings (SSSR count). The lowest BCUT2D eigenvalue weighted by atomic mass is 10.1. The molecule has 1 saturated heterocycles. The molecule has 1 aliphatic rings. The third-order valence-electron chi connectivity index (χ3n) is 3.90. The molecular weight excluding hydrogens is 335 g/mol. The highest BCUT2D eigenvalue weighted by Crippen LogP contribution is 2.17. The van der Waals surface area contributed by atoms with E-state index in [1.165, 1.54) is 10.4 Å². The van der Waals surface area contributed by atoms with Gasteiger partial charge in [0.25, 0.3) is 0 Å². The van der Waals surface area contributed by atoms with E-state index in [0.29, 0.717) is 25.9 Å². The van der Waals surface area contributed by atoms with Crippen molar-refractivity contribution in [3.05, 3.63) is 29.6 Å². The fraction of sp³-hybridized carbons (Fsp3) is 0.467. The van der Waals surface area contributed by atoms with E-state index in [1.54, 1.807) is 6.92 Å². The number of nitrogens with one attached hydrogen (secondary N) is 2.